The van der Waals surface area contributed by atoms with Crippen LogP contribution in [0.15, 0.2) is 24.4 Å². The summed E-state index contributed by atoms with van der Waals surface area (Å²) >= 11 is 0. The van der Waals surface area contributed by atoms with E-state index in [0.717, 1.165) is 0 Å². The fraction of sp³-hybridized carbons (Fsp3) is 0.333. The summed E-state index contributed by atoms with van der Waals surface area (Å²) < 4.78 is 4.74. The van der Waals surface area contributed by atoms with Crippen molar-refractivity contribution < 1.29 is 24.5 Å². The molecule has 6 heteroatoms. The Morgan fingerprint density at radius 2 is 2.19 bits per heavy atom. The Bertz CT molecular complexity index is 649. The number of nitrogens with one attached hydrogen (secondary N) is 1. The molecule has 0 aliphatic rings. The van der Waals surface area contributed by atoms with Gasteiger partial charge in [-0.15, -0.1) is 0 Å². The number of aliphatic hydroxyl groups is 2. The van der Waals surface area contributed by atoms with Crippen LogP contribution >= 0.6 is 0 Å². The minimum absolute atomic E-state index is 0.213. The van der Waals surface area contributed by atoms with Crippen LogP contribution in [0.1, 0.15) is 35.4 Å². The summed E-state index contributed by atoms with van der Waals surface area (Å²) in [6.07, 6.45) is -0.693. The molecule has 21 heavy (non-hydrogen) atoms. The van der Waals surface area contributed by atoms with Crippen molar-refractivity contribution in [3.8, 4) is 0 Å². The molecule has 0 amide bonds. The van der Waals surface area contributed by atoms with Gasteiger partial charge in [-0.1, -0.05) is 12.1 Å². The van der Waals surface area contributed by atoms with Crippen molar-refractivity contribution in [3.63, 3.8) is 0 Å². The van der Waals surface area contributed by atoms with Gasteiger partial charge < -0.3 is 19.9 Å². The smallest absolute Gasteiger partial charge is 0.308 e. The van der Waals surface area contributed by atoms with Gasteiger partial charge in [0, 0.05) is 22.7 Å². The monoisotopic (exact) mass is 291 g/mol. The Labute approximate surface area is 121 Å². The van der Waals surface area contributed by atoms with Crippen molar-refractivity contribution >= 4 is 23.2 Å². The van der Waals surface area contributed by atoms with Gasteiger partial charge in [-0.2, -0.15) is 0 Å². The number of rotatable bonds is 6. The molecule has 2 aromatic rings. The average Bonchev–Trinajstić information content (AvgIpc) is 2.89. The molecule has 1 heterocycles. The molecule has 1 aromatic heterocycles. The van der Waals surface area contributed by atoms with Crippen molar-refractivity contribution in [1.29, 1.82) is 0 Å². The molecule has 0 fully saturated rings. The van der Waals surface area contributed by atoms with Gasteiger partial charge in [0.25, 0.3) is 0 Å². The Morgan fingerprint density at radius 3 is 2.86 bits per heavy atom. The van der Waals surface area contributed by atoms with Crippen molar-refractivity contribution in [3.05, 3.63) is 35.5 Å². The topological polar surface area (TPSA) is 99.6 Å². The second-order valence-corrected chi connectivity index (χ2v) is 4.65. The van der Waals surface area contributed by atoms with E-state index in [-0.39, 0.29) is 13.0 Å². The molecule has 0 saturated carbocycles. The summed E-state index contributed by atoms with van der Waals surface area (Å²) in [7, 11) is 0. The number of benzene rings is 1. The SMILES string of the molecule is CCOC(=O)CC(O)C(O)c1cccc2[nH]cc(C=O)c12. The molecular weight excluding hydrogens is 274 g/mol. The summed E-state index contributed by atoms with van der Waals surface area (Å²) in [6, 6.07) is 5.07. The van der Waals surface area contributed by atoms with E-state index in [4.69, 9.17) is 4.74 Å². The lowest BCUT2D eigenvalue weighted by atomic mass is 9.97. The first-order chi connectivity index (χ1) is 10.1. The zero-order valence-corrected chi connectivity index (χ0v) is 11.6. The van der Waals surface area contributed by atoms with Crippen molar-refractivity contribution in [2.24, 2.45) is 0 Å². The molecule has 0 bridgehead atoms. The minimum atomic E-state index is -1.30. The summed E-state index contributed by atoms with van der Waals surface area (Å²) in [5, 5.41) is 20.8. The van der Waals surface area contributed by atoms with Gasteiger partial charge >= 0.3 is 5.97 Å². The largest absolute Gasteiger partial charge is 0.466 e. The van der Waals surface area contributed by atoms with Crippen LogP contribution in [-0.4, -0.2) is 40.2 Å². The van der Waals surface area contributed by atoms with Crippen LogP contribution in [0.3, 0.4) is 0 Å². The molecule has 112 valence electrons. The van der Waals surface area contributed by atoms with Crippen LogP contribution in [0.2, 0.25) is 0 Å². The number of aliphatic hydroxyl groups excluding tert-OH is 2. The van der Waals surface area contributed by atoms with Crippen LogP contribution in [-0.2, 0) is 9.53 Å². The standard InChI is InChI=1S/C15H17NO5/c1-2-21-13(19)6-12(18)15(20)10-4-3-5-11-14(10)9(8-17)7-16-11/h3-5,7-8,12,15-16,18,20H,2,6H2,1H3. The van der Waals surface area contributed by atoms with Gasteiger partial charge in [0.15, 0.2) is 6.29 Å². The van der Waals surface area contributed by atoms with E-state index in [1.165, 1.54) is 6.20 Å². The number of fused-ring (bicyclic) bond motifs is 1. The molecule has 2 rings (SSSR count). The molecule has 0 aliphatic heterocycles. The first kappa shape index (κ1) is 15.2. The van der Waals surface area contributed by atoms with E-state index in [1.807, 2.05) is 0 Å². The molecule has 2 atom stereocenters. The third-order valence-corrected chi connectivity index (χ3v) is 3.26. The molecule has 0 aliphatic carbocycles. The molecule has 0 spiro atoms. The number of hydrogen-bond acceptors (Lipinski definition) is 5. The second kappa shape index (κ2) is 6.51. The summed E-state index contributed by atoms with van der Waals surface area (Å²) in [4.78, 5) is 25.3. The zero-order valence-electron chi connectivity index (χ0n) is 11.6. The van der Waals surface area contributed by atoms with Crippen LogP contribution in [0, 0.1) is 0 Å². The molecule has 2 unspecified atom stereocenters. The Balaban J connectivity index is 2.30. The van der Waals surface area contributed by atoms with Gasteiger partial charge in [-0.25, -0.2) is 0 Å². The number of aromatic amines is 1. The van der Waals surface area contributed by atoms with E-state index in [2.05, 4.69) is 4.98 Å². The molecule has 0 saturated heterocycles. The third-order valence-electron chi connectivity index (χ3n) is 3.26. The van der Waals surface area contributed by atoms with Crippen molar-refractivity contribution in [1.82, 2.24) is 4.98 Å². The third kappa shape index (κ3) is 3.12. The molecule has 0 radical (unpaired) electrons. The predicted octanol–water partition coefficient (Wildman–Crippen LogP) is 1.33. The fourth-order valence-electron chi connectivity index (χ4n) is 2.29. The van der Waals surface area contributed by atoms with Gasteiger partial charge in [0.1, 0.15) is 6.10 Å². The highest BCUT2D eigenvalue weighted by Gasteiger charge is 2.24. The second-order valence-electron chi connectivity index (χ2n) is 4.65. The number of esters is 1. The van der Waals surface area contributed by atoms with Gasteiger partial charge in [-0.3, -0.25) is 9.59 Å². The zero-order chi connectivity index (χ0) is 15.4. The number of H-pyrrole nitrogens is 1. The molecular formula is C15H17NO5. The number of hydrogen-bond donors (Lipinski definition) is 3. The van der Waals surface area contributed by atoms with Gasteiger partial charge in [0.05, 0.1) is 19.1 Å². The van der Waals surface area contributed by atoms with Crippen LogP contribution in [0.4, 0.5) is 0 Å². The lowest BCUT2D eigenvalue weighted by Gasteiger charge is -2.18. The van der Waals surface area contributed by atoms with E-state index in [1.54, 1.807) is 25.1 Å². The summed E-state index contributed by atoms with van der Waals surface area (Å²) in [5.74, 6) is -0.582. The number of carbonyl (C=O) groups is 2. The highest BCUT2D eigenvalue weighted by Crippen LogP contribution is 2.29. The Hall–Kier alpha value is -2.18. The number of aromatic nitrogens is 1. The summed E-state index contributed by atoms with van der Waals surface area (Å²) in [6.45, 7) is 1.88. The van der Waals surface area contributed by atoms with E-state index in [0.29, 0.717) is 28.3 Å². The molecule has 1 aromatic carbocycles. The average molecular weight is 291 g/mol. The highest BCUT2D eigenvalue weighted by atomic mass is 16.5. The quantitative estimate of drug-likeness (QED) is 0.550. The van der Waals surface area contributed by atoms with Crippen molar-refractivity contribution in [2.75, 3.05) is 6.61 Å². The Morgan fingerprint density at radius 1 is 1.43 bits per heavy atom. The van der Waals surface area contributed by atoms with Crippen LogP contribution < -0.4 is 0 Å². The maximum Gasteiger partial charge on any atom is 0.308 e. The van der Waals surface area contributed by atoms with Crippen LogP contribution in [0.25, 0.3) is 10.9 Å². The number of carbonyl (C=O) groups excluding carboxylic acids is 2. The van der Waals surface area contributed by atoms with Crippen molar-refractivity contribution in [2.45, 2.75) is 25.6 Å². The molecule has 6 nitrogen and oxygen atoms in total. The predicted molar refractivity (Wildman–Crippen MR) is 75.9 cm³/mol. The van der Waals surface area contributed by atoms with E-state index in [9.17, 15) is 19.8 Å². The number of ether oxygens (including phenoxy) is 1. The Kier molecular flexibility index (Phi) is 4.72. The van der Waals surface area contributed by atoms with Gasteiger partial charge in [0.2, 0.25) is 0 Å². The summed E-state index contributed by atoms with van der Waals surface area (Å²) in [5.41, 5.74) is 1.47. The van der Waals surface area contributed by atoms with Gasteiger partial charge in [-0.05, 0) is 18.6 Å². The maximum absolute atomic E-state index is 11.4. The maximum atomic E-state index is 11.4. The van der Waals surface area contributed by atoms with Crippen LogP contribution in [0.5, 0.6) is 0 Å². The highest BCUT2D eigenvalue weighted by molar-refractivity contribution is 5.99. The van der Waals surface area contributed by atoms with E-state index < -0.39 is 18.2 Å². The fourth-order valence-corrected chi connectivity index (χ4v) is 2.29. The number of aldehydes is 1. The normalized spacial score (nSPS) is 13.9. The minimum Gasteiger partial charge on any atom is -0.466 e. The lowest BCUT2D eigenvalue weighted by Crippen LogP contribution is -2.23. The van der Waals surface area contributed by atoms with E-state index >= 15 is 0 Å². The first-order valence-electron chi connectivity index (χ1n) is 6.65. The first-order valence-corrected chi connectivity index (χ1v) is 6.65. The lowest BCUT2D eigenvalue weighted by molar-refractivity contribution is -0.147. The molecule has 3 N–H and O–H groups in total.